The Morgan fingerprint density at radius 3 is 1.78 bits per heavy atom. The lowest BCUT2D eigenvalue weighted by atomic mass is 9.92. The molecule has 2 aromatic rings. The Morgan fingerprint density at radius 1 is 0.889 bits per heavy atom. The van der Waals surface area contributed by atoms with Crippen molar-refractivity contribution < 1.29 is 43.9 Å². The van der Waals surface area contributed by atoms with E-state index in [1.54, 1.807) is 22.6 Å². The number of aromatic nitrogens is 2. The molecule has 0 radical (unpaired) electrons. The molecule has 0 saturated carbocycles. The van der Waals surface area contributed by atoms with E-state index < -0.39 is 51.6 Å². The highest BCUT2D eigenvalue weighted by Gasteiger charge is 2.73. The maximum atomic E-state index is 14.2. The summed E-state index contributed by atoms with van der Waals surface area (Å²) < 4.78 is 131. The van der Waals surface area contributed by atoms with Crippen molar-refractivity contribution in [3.05, 3.63) is 43.7 Å². The van der Waals surface area contributed by atoms with Crippen molar-refractivity contribution >= 4 is 38.5 Å². The van der Waals surface area contributed by atoms with Crippen LogP contribution in [-0.4, -0.2) is 22.1 Å². The molecule has 14 heteroatoms. The van der Waals surface area contributed by atoms with Crippen LogP contribution in [0.4, 0.5) is 43.9 Å². The van der Waals surface area contributed by atoms with Gasteiger partial charge in [0.25, 0.3) is 0 Å². The number of halogens is 12. The first-order chi connectivity index (χ1) is 12.0. The number of hydrogen-bond acceptors (Lipinski definition) is 1. The van der Waals surface area contributed by atoms with Crippen LogP contribution in [-0.2, 0) is 11.8 Å². The molecular formula is C13H4BrF10IN2. The number of nitrogens with zero attached hydrogens (tertiary/aromatic N) is 2. The van der Waals surface area contributed by atoms with Gasteiger partial charge in [0.2, 0.25) is 0 Å². The topological polar surface area (TPSA) is 17.8 Å². The average molecular weight is 585 g/mol. The summed E-state index contributed by atoms with van der Waals surface area (Å²) in [5.74, 6) is 0. The molecule has 27 heavy (non-hydrogen) atoms. The fourth-order valence-corrected chi connectivity index (χ4v) is 3.19. The maximum absolute atomic E-state index is 14.2. The van der Waals surface area contributed by atoms with Gasteiger partial charge in [0.15, 0.2) is 0 Å². The number of alkyl halides is 10. The molecule has 0 aliphatic heterocycles. The van der Waals surface area contributed by atoms with Crippen LogP contribution in [0.25, 0.3) is 5.69 Å². The Labute approximate surface area is 165 Å². The largest absolute Gasteiger partial charge is 0.435 e. The summed E-state index contributed by atoms with van der Waals surface area (Å²) in [6.45, 7) is 0. The van der Waals surface area contributed by atoms with Crippen molar-refractivity contribution in [1.29, 1.82) is 0 Å². The highest BCUT2D eigenvalue weighted by atomic mass is 127. The molecule has 2 rings (SSSR count). The zero-order chi connectivity index (χ0) is 21.0. The van der Waals surface area contributed by atoms with Crippen LogP contribution in [0.15, 0.2) is 29.0 Å². The summed E-state index contributed by atoms with van der Waals surface area (Å²) in [5, 5.41) is 3.55. The fraction of sp³-hybridized carbons (Fsp3) is 0.308. The van der Waals surface area contributed by atoms with E-state index >= 15 is 0 Å². The summed E-state index contributed by atoms with van der Waals surface area (Å²) >= 11 is 4.17. The van der Waals surface area contributed by atoms with Gasteiger partial charge in [-0.25, -0.2) is 9.07 Å². The van der Waals surface area contributed by atoms with E-state index in [-0.39, 0.29) is 6.07 Å². The van der Waals surface area contributed by atoms with E-state index in [4.69, 9.17) is 0 Å². The zero-order valence-corrected chi connectivity index (χ0v) is 16.0. The Kier molecular flexibility index (Phi) is 5.58. The van der Waals surface area contributed by atoms with Gasteiger partial charge >= 0.3 is 24.2 Å². The Balaban J connectivity index is 2.88. The third-order valence-corrected chi connectivity index (χ3v) is 4.49. The molecule has 0 aliphatic rings. The van der Waals surface area contributed by atoms with Gasteiger partial charge in [-0.05, 0) is 50.7 Å². The minimum absolute atomic E-state index is 0.0000973. The minimum Gasteiger partial charge on any atom is -0.238 e. The number of benzene rings is 1. The molecule has 0 saturated heterocycles. The summed E-state index contributed by atoms with van der Waals surface area (Å²) in [5.41, 5.74) is -11.1. The van der Waals surface area contributed by atoms with Crippen molar-refractivity contribution in [2.75, 3.05) is 0 Å². The summed E-state index contributed by atoms with van der Waals surface area (Å²) in [7, 11) is 0. The molecule has 0 spiro atoms. The van der Waals surface area contributed by atoms with Crippen LogP contribution in [0.3, 0.4) is 0 Å². The molecule has 0 unspecified atom stereocenters. The molecule has 0 bridgehead atoms. The molecule has 2 nitrogen and oxygen atoms in total. The predicted octanol–water partition coefficient (Wildman–Crippen LogP) is 6.55. The summed E-state index contributed by atoms with van der Waals surface area (Å²) in [4.78, 5) is 0. The van der Waals surface area contributed by atoms with E-state index in [1.165, 1.54) is 0 Å². The van der Waals surface area contributed by atoms with Crippen molar-refractivity contribution in [2.24, 2.45) is 0 Å². The lowest BCUT2D eigenvalue weighted by molar-refractivity contribution is -0.348. The van der Waals surface area contributed by atoms with Crippen LogP contribution < -0.4 is 0 Å². The molecule has 0 atom stereocenters. The minimum atomic E-state index is -6.55. The van der Waals surface area contributed by atoms with Gasteiger partial charge in [-0.3, -0.25) is 0 Å². The lowest BCUT2D eigenvalue weighted by Crippen LogP contribution is -2.50. The van der Waals surface area contributed by atoms with E-state index in [9.17, 15) is 43.9 Å². The van der Waals surface area contributed by atoms with E-state index in [0.717, 1.165) is 12.4 Å². The van der Waals surface area contributed by atoms with Gasteiger partial charge < -0.3 is 0 Å². The Bertz CT molecular complexity index is 838. The quantitative estimate of drug-likeness (QED) is 0.289. The number of rotatable bonds is 2. The first-order valence-corrected chi connectivity index (χ1v) is 8.31. The van der Waals surface area contributed by atoms with Crippen molar-refractivity contribution in [3.63, 3.8) is 0 Å². The molecule has 1 heterocycles. The molecule has 0 aliphatic carbocycles. The van der Waals surface area contributed by atoms with E-state index in [2.05, 4.69) is 21.0 Å². The predicted molar refractivity (Wildman–Crippen MR) is 83.9 cm³/mol. The van der Waals surface area contributed by atoms with Crippen LogP contribution in [0.5, 0.6) is 0 Å². The molecule has 0 N–H and O–H groups in total. The molecule has 1 aromatic carbocycles. The van der Waals surface area contributed by atoms with Gasteiger partial charge in [0, 0.05) is 16.2 Å². The van der Waals surface area contributed by atoms with Gasteiger partial charge in [-0.2, -0.15) is 44.6 Å². The molecule has 0 amide bonds. The van der Waals surface area contributed by atoms with Gasteiger partial charge in [-0.15, -0.1) is 0 Å². The summed E-state index contributed by atoms with van der Waals surface area (Å²) in [6.07, 6.45) is -16.3. The van der Waals surface area contributed by atoms with E-state index in [0.29, 0.717) is 8.25 Å². The fourth-order valence-electron chi connectivity index (χ4n) is 2.16. The standard InChI is InChI=1S/C13H4BrF10IN2/c14-8-2-5(10(15,12(19,20)21)13(22,23)24)1-7(11(16,17)18)9(8)27-4-6(25)3-26-27/h1-4H. The maximum Gasteiger partial charge on any atom is 0.435 e. The van der Waals surface area contributed by atoms with Crippen LogP contribution >= 0.6 is 38.5 Å². The second kappa shape index (κ2) is 6.77. The van der Waals surface area contributed by atoms with Crippen molar-refractivity contribution in [1.82, 2.24) is 9.78 Å². The third kappa shape index (κ3) is 3.91. The normalized spacial score (nSPS) is 13.9. The van der Waals surface area contributed by atoms with Crippen LogP contribution in [0.2, 0.25) is 0 Å². The van der Waals surface area contributed by atoms with Crippen LogP contribution in [0, 0.1) is 3.57 Å². The Hall–Kier alpha value is -1.06. The highest BCUT2D eigenvalue weighted by molar-refractivity contribution is 14.1. The van der Waals surface area contributed by atoms with Crippen LogP contribution in [0.1, 0.15) is 11.1 Å². The van der Waals surface area contributed by atoms with Crippen molar-refractivity contribution in [3.8, 4) is 5.69 Å². The molecule has 1 aromatic heterocycles. The van der Waals surface area contributed by atoms with Gasteiger partial charge in [0.1, 0.15) is 0 Å². The highest BCUT2D eigenvalue weighted by Crippen LogP contribution is 2.54. The first-order valence-electron chi connectivity index (χ1n) is 6.44. The average Bonchev–Trinajstić information content (AvgIpc) is 2.88. The summed E-state index contributed by atoms with van der Waals surface area (Å²) in [6, 6.07) is -0.518. The van der Waals surface area contributed by atoms with E-state index in [1.807, 2.05) is 0 Å². The Morgan fingerprint density at radius 2 is 1.41 bits per heavy atom. The molecule has 150 valence electrons. The number of hydrogen-bond donors (Lipinski definition) is 0. The SMILES string of the molecule is FC(F)(F)c1cc(C(F)(C(F)(F)F)C(F)(F)F)cc(Br)c1-n1cc(I)cn1. The third-order valence-electron chi connectivity index (χ3n) is 3.33. The second-order valence-corrected chi connectivity index (χ2v) is 7.21. The first kappa shape index (κ1) is 22.2. The second-order valence-electron chi connectivity index (χ2n) is 5.11. The molecule has 0 fully saturated rings. The lowest BCUT2D eigenvalue weighted by Gasteiger charge is -2.31. The zero-order valence-electron chi connectivity index (χ0n) is 12.2. The van der Waals surface area contributed by atoms with Gasteiger partial charge in [0.05, 0.1) is 21.0 Å². The monoisotopic (exact) mass is 584 g/mol. The van der Waals surface area contributed by atoms with Crippen molar-refractivity contribution in [2.45, 2.75) is 24.2 Å². The van der Waals surface area contributed by atoms with Gasteiger partial charge in [-0.1, -0.05) is 0 Å². The smallest absolute Gasteiger partial charge is 0.238 e. The molecular weight excluding hydrogens is 581 g/mol.